The van der Waals surface area contributed by atoms with Gasteiger partial charge in [0.25, 0.3) is 11.5 Å². The second-order valence-electron chi connectivity index (χ2n) is 8.52. The van der Waals surface area contributed by atoms with Gasteiger partial charge in [0.1, 0.15) is 0 Å². The van der Waals surface area contributed by atoms with Gasteiger partial charge in [0.15, 0.2) is 5.16 Å². The third-order valence-corrected chi connectivity index (χ3v) is 7.28. The van der Waals surface area contributed by atoms with Crippen molar-refractivity contribution in [2.24, 2.45) is 0 Å². The summed E-state index contributed by atoms with van der Waals surface area (Å²) < 4.78 is 1.76. The molecule has 0 aliphatic rings. The largest absolute Gasteiger partial charge is 0.348 e. The molecule has 0 fully saturated rings. The molecule has 0 saturated heterocycles. The summed E-state index contributed by atoms with van der Waals surface area (Å²) in [5, 5.41) is 5.35. The highest BCUT2D eigenvalue weighted by molar-refractivity contribution is 7.98. The lowest BCUT2D eigenvalue weighted by molar-refractivity contribution is 0.0951. The number of thioether (sulfide) groups is 1. The molecule has 5 nitrogen and oxygen atoms in total. The molecule has 0 aliphatic heterocycles. The van der Waals surface area contributed by atoms with Crippen LogP contribution in [0.2, 0.25) is 10.0 Å². The molecule has 36 heavy (non-hydrogen) atoms. The summed E-state index contributed by atoms with van der Waals surface area (Å²) in [4.78, 5) is 31.1. The van der Waals surface area contributed by atoms with Crippen LogP contribution in [-0.2, 0) is 18.8 Å². The van der Waals surface area contributed by atoms with E-state index in [1.807, 2.05) is 42.5 Å². The number of fused-ring (bicyclic) bond motifs is 1. The molecule has 4 rings (SSSR count). The van der Waals surface area contributed by atoms with Crippen LogP contribution in [0.25, 0.3) is 10.9 Å². The van der Waals surface area contributed by atoms with Gasteiger partial charge in [-0.25, -0.2) is 4.98 Å². The van der Waals surface area contributed by atoms with Crippen molar-refractivity contribution in [3.63, 3.8) is 0 Å². The first-order chi connectivity index (χ1) is 17.4. The number of hydrogen-bond acceptors (Lipinski definition) is 4. The second kappa shape index (κ2) is 12.4. The van der Waals surface area contributed by atoms with Gasteiger partial charge in [-0.15, -0.1) is 0 Å². The lowest BCUT2D eigenvalue weighted by Gasteiger charge is -2.14. The molecule has 0 atom stereocenters. The Labute approximate surface area is 224 Å². The number of carbonyl (C=O) groups is 1. The van der Waals surface area contributed by atoms with Crippen LogP contribution in [0.4, 0.5) is 0 Å². The molecule has 1 heterocycles. The van der Waals surface area contributed by atoms with Gasteiger partial charge in [-0.1, -0.05) is 79.0 Å². The van der Waals surface area contributed by atoms with E-state index in [2.05, 4.69) is 12.2 Å². The summed E-state index contributed by atoms with van der Waals surface area (Å²) >= 11 is 13.7. The van der Waals surface area contributed by atoms with Crippen LogP contribution in [0, 0.1) is 0 Å². The molecule has 0 radical (unpaired) electrons. The van der Waals surface area contributed by atoms with E-state index in [0.29, 0.717) is 50.5 Å². The number of benzene rings is 3. The molecule has 0 aliphatic carbocycles. The first-order valence-electron chi connectivity index (χ1n) is 11.9. The van der Waals surface area contributed by atoms with Crippen molar-refractivity contribution in [1.29, 1.82) is 0 Å². The van der Waals surface area contributed by atoms with Gasteiger partial charge in [0.2, 0.25) is 0 Å². The number of rotatable bonds is 10. The molecule has 0 spiro atoms. The van der Waals surface area contributed by atoms with E-state index in [-0.39, 0.29) is 11.5 Å². The average Bonchev–Trinajstić information content (AvgIpc) is 2.87. The molecule has 8 heteroatoms. The number of unbranched alkanes of at least 4 members (excludes halogenated alkanes) is 2. The minimum absolute atomic E-state index is 0.0874. The van der Waals surface area contributed by atoms with Gasteiger partial charge in [-0.05, 0) is 60.0 Å². The van der Waals surface area contributed by atoms with Crippen molar-refractivity contribution in [3.05, 3.63) is 104 Å². The van der Waals surface area contributed by atoms with Gasteiger partial charge >= 0.3 is 0 Å². The summed E-state index contributed by atoms with van der Waals surface area (Å²) in [7, 11) is 0. The fraction of sp³-hybridized carbons (Fsp3) is 0.250. The zero-order valence-electron chi connectivity index (χ0n) is 20.0. The molecule has 1 amide bonds. The third-order valence-electron chi connectivity index (χ3n) is 5.77. The van der Waals surface area contributed by atoms with Crippen molar-refractivity contribution >= 4 is 51.8 Å². The fourth-order valence-corrected chi connectivity index (χ4v) is 5.27. The highest BCUT2D eigenvalue weighted by Gasteiger charge is 2.14. The molecule has 0 bridgehead atoms. The van der Waals surface area contributed by atoms with Crippen LogP contribution in [0.1, 0.15) is 47.7 Å². The van der Waals surface area contributed by atoms with E-state index >= 15 is 0 Å². The van der Waals surface area contributed by atoms with E-state index in [0.717, 1.165) is 30.4 Å². The Morgan fingerprint density at radius 2 is 1.69 bits per heavy atom. The van der Waals surface area contributed by atoms with Gasteiger partial charge in [-0.3, -0.25) is 14.2 Å². The minimum Gasteiger partial charge on any atom is -0.348 e. The smallest absolute Gasteiger partial charge is 0.262 e. The first kappa shape index (κ1) is 26.3. The first-order valence-corrected chi connectivity index (χ1v) is 13.6. The van der Waals surface area contributed by atoms with E-state index in [1.165, 1.54) is 11.8 Å². The molecular formula is C28H27Cl2N3O2S. The van der Waals surface area contributed by atoms with Crippen LogP contribution in [0.15, 0.2) is 76.7 Å². The highest BCUT2D eigenvalue weighted by Crippen LogP contribution is 2.24. The summed E-state index contributed by atoms with van der Waals surface area (Å²) in [5.41, 5.74) is 2.83. The van der Waals surface area contributed by atoms with E-state index in [4.69, 9.17) is 28.2 Å². The quantitative estimate of drug-likeness (QED) is 0.132. The Morgan fingerprint density at radius 1 is 0.972 bits per heavy atom. The van der Waals surface area contributed by atoms with Gasteiger partial charge in [0.05, 0.1) is 10.9 Å². The number of nitrogens with zero attached hydrogens (tertiary/aromatic N) is 2. The van der Waals surface area contributed by atoms with Crippen molar-refractivity contribution < 1.29 is 4.79 Å². The highest BCUT2D eigenvalue weighted by atomic mass is 35.5. The molecule has 4 aromatic rings. The number of halogens is 2. The molecule has 0 unspecified atom stereocenters. The Morgan fingerprint density at radius 3 is 2.42 bits per heavy atom. The third kappa shape index (κ3) is 6.69. The van der Waals surface area contributed by atoms with Crippen molar-refractivity contribution in [2.75, 3.05) is 0 Å². The predicted molar refractivity (Wildman–Crippen MR) is 149 cm³/mol. The number of aromatic nitrogens is 2. The topological polar surface area (TPSA) is 64.0 Å². The maximum absolute atomic E-state index is 13.4. The fourth-order valence-electron chi connectivity index (χ4n) is 3.88. The van der Waals surface area contributed by atoms with Crippen LogP contribution in [0.5, 0.6) is 0 Å². The molecule has 0 saturated carbocycles. The molecule has 1 N–H and O–H groups in total. The average molecular weight is 541 g/mol. The maximum Gasteiger partial charge on any atom is 0.262 e. The normalized spacial score (nSPS) is 11.1. The number of amides is 1. The Hall–Kier alpha value is -2.80. The van der Waals surface area contributed by atoms with Gasteiger partial charge in [-0.2, -0.15) is 0 Å². The summed E-state index contributed by atoms with van der Waals surface area (Å²) in [5.74, 6) is 0.394. The summed E-state index contributed by atoms with van der Waals surface area (Å²) in [6.45, 7) is 3.09. The van der Waals surface area contributed by atoms with Crippen LogP contribution in [0.3, 0.4) is 0 Å². The Balaban J connectivity index is 1.61. The second-order valence-corrected chi connectivity index (χ2v) is 10.3. The van der Waals surface area contributed by atoms with Crippen LogP contribution in [-0.4, -0.2) is 15.5 Å². The Bertz CT molecular complexity index is 1440. The Kier molecular flexibility index (Phi) is 9.08. The monoisotopic (exact) mass is 539 g/mol. The number of nitrogens with one attached hydrogen (secondary N) is 1. The zero-order valence-corrected chi connectivity index (χ0v) is 22.3. The number of hydrogen-bond donors (Lipinski definition) is 1. The minimum atomic E-state index is -0.237. The van der Waals surface area contributed by atoms with Gasteiger partial charge in [0, 0.05) is 34.5 Å². The predicted octanol–water partition coefficient (Wildman–Crippen LogP) is 7.12. The lowest BCUT2D eigenvalue weighted by Crippen LogP contribution is -2.25. The van der Waals surface area contributed by atoms with Crippen molar-refractivity contribution in [2.45, 2.75) is 50.2 Å². The van der Waals surface area contributed by atoms with Crippen molar-refractivity contribution in [1.82, 2.24) is 14.9 Å². The summed E-state index contributed by atoms with van der Waals surface area (Å²) in [6.07, 6.45) is 3.00. The lowest BCUT2D eigenvalue weighted by atomic mass is 10.1. The zero-order chi connectivity index (χ0) is 25.5. The van der Waals surface area contributed by atoms with E-state index in [9.17, 15) is 9.59 Å². The SMILES string of the molecule is CCCCCn1c(SCc2cccc(Cl)c2)nc2cc(C(=O)NCc3cccc(Cl)c3)ccc2c1=O. The van der Waals surface area contributed by atoms with E-state index < -0.39 is 0 Å². The van der Waals surface area contributed by atoms with E-state index in [1.54, 1.807) is 28.8 Å². The summed E-state index contributed by atoms with van der Waals surface area (Å²) in [6, 6.07) is 20.1. The van der Waals surface area contributed by atoms with Crippen LogP contribution >= 0.6 is 35.0 Å². The molecule has 186 valence electrons. The van der Waals surface area contributed by atoms with Gasteiger partial charge < -0.3 is 5.32 Å². The number of carbonyl (C=O) groups excluding carboxylic acids is 1. The molecule has 1 aromatic heterocycles. The van der Waals surface area contributed by atoms with Crippen LogP contribution < -0.4 is 10.9 Å². The molecular weight excluding hydrogens is 513 g/mol. The molecule has 3 aromatic carbocycles. The standard InChI is InChI=1S/C28H27Cl2N3O2S/c1-2-3-4-13-33-27(35)24-12-11-21(26(34)31-17-19-7-5-9-22(29)14-19)16-25(24)32-28(33)36-18-20-8-6-10-23(30)15-20/h5-12,14-16H,2-4,13,17-18H2,1H3,(H,31,34). The maximum atomic E-state index is 13.4. The van der Waals surface area contributed by atoms with Crippen molar-refractivity contribution in [3.8, 4) is 0 Å².